The van der Waals surface area contributed by atoms with E-state index in [4.69, 9.17) is 4.74 Å². The van der Waals surface area contributed by atoms with Gasteiger partial charge in [0, 0.05) is 38.0 Å². The number of carbonyl (C=O) groups excluding carboxylic acids is 2. The predicted octanol–water partition coefficient (Wildman–Crippen LogP) is 2.88. The molecule has 0 bridgehead atoms. The van der Waals surface area contributed by atoms with Gasteiger partial charge in [0.1, 0.15) is 12.2 Å². The van der Waals surface area contributed by atoms with Crippen LogP contribution in [-0.2, 0) is 6.54 Å². The summed E-state index contributed by atoms with van der Waals surface area (Å²) in [7, 11) is 3.42. The van der Waals surface area contributed by atoms with Gasteiger partial charge in [-0.25, -0.2) is 4.98 Å². The SMILES string of the molecule is CN(C)C(=O)c1ccc(-c2ncc3c(n2)OCCN(Cc2ccccc2)C3=O)cc1. The van der Waals surface area contributed by atoms with Crippen LogP contribution in [0.4, 0.5) is 0 Å². The number of hydrogen-bond acceptors (Lipinski definition) is 5. The average molecular weight is 402 g/mol. The third-order valence-corrected chi connectivity index (χ3v) is 4.88. The lowest BCUT2D eigenvalue weighted by Gasteiger charge is -2.19. The fourth-order valence-electron chi connectivity index (χ4n) is 3.26. The molecular weight excluding hydrogens is 380 g/mol. The summed E-state index contributed by atoms with van der Waals surface area (Å²) < 4.78 is 5.77. The molecule has 0 N–H and O–H groups in total. The van der Waals surface area contributed by atoms with Crippen LogP contribution in [-0.4, -0.2) is 58.8 Å². The lowest BCUT2D eigenvalue weighted by molar-refractivity contribution is 0.0742. The molecule has 7 heteroatoms. The van der Waals surface area contributed by atoms with Crippen LogP contribution in [0.2, 0.25) is 0 Å². The number of benzene rings is 2. The van der Waals surface area contributed by atoms with E-state index in [0.29, 0.717) is 36.6 Å². The molecule has 1 aliphatic heterocycles. The lowest BCUT2D eigenvalue weighted by atomic mass is 10.1. The Kier molecular flexibility index (Phi) is 5.43. The maximum absolute atomic E-state index is 13.0. The highest BCUT2D eigenvalue weighted by Crippen LogP contribution is 2.25. The van der Waals surface area contributed by atoms with Crippen molar-refractivity contribution in [3.8, 4) is 17.3 Å². The van der Waals surface area contributed by atoms with Crippen LogP contribution in [0, 0.1) is 0 Å². The predicted molar refractivity (Wildman–Crippen MR) is 112 cm³/mol. The largest absolute Gasteiger partial charge is 0.475 e. The summed E-state index contributed by atoms with van der Waals surface area (Å²) in [5, 5.41) is 0. The van der Waals surface area contributed by atoms with Gasteiger partial charge < -0.3 is 14.5 Å². The Morgan fingerprint density at radius 2 is 1.83 bits per heavy atom. The fourth-order valence-corrected chi connectivity index (χ4v) is 3.26. The maximum atomic E-state index is 13.0. The molecule has 0 saturated heterocycles. The number of carbonyl (C=O) groups is 2. The van der Waals surface area contributed by atoms with Crippen LogP contribution in [0.5, 0.6) is 5.88 Å². The van der Waals surface area contributed by atoms with Crippen LogP contribution < -0.4 is 4.74 Å². The molecular formula is C23H22N4O3. The molecule has 0 atom stereocenters. The summed E-state index contributed by atoms with van der Waals surface area (Å²) in [6.07, 6.45) is 1.52. The monoisotopic (exact) mass is 402 g/mol. The van der Waals surface area contributed by atoms with E-state index in [2.05, 4.69) is 9.97 Å². The molecule has 7 nitrogen and oxygen atoms in total. The molecule has 1 aromatic heterocycles. The molecule has 3 aromatic rings. The van der Waals surface area contributed by atoms with Crippen molar-refractivity contribution in [3.05, 3.63) is 77.5 Å². The van der Waals surface area contributed by atoms with Gasteiger partial charge in [0.15, 0.2) is 5.82 Å². The minimum absolute atomic E-state index is 0.0724. The van der Waals surface area contributed by atoms with Gasteiger partial charge in [-0.3, -0.25) is 9.59 Å². The number of fused-ring (bicyclic) bond motifs is 1. The van der Waals surface area contributed by atoms with E-state index in [0.717, 1.165) is 11.1 Å². The summed E-state index contributed by atoms with van der Waals surface area (Å²) in [6.45, 7) is 1.34. The van der Waals surface area contributed by atoms with Crippen molar-refractivity contribution in [2.24, 2.45) is 0 Å². The van der Waals surface area contributed by atoms with Gasteiger partial charge in [-0.2, -0.15) is 4.98 Å². The summed E-state index contributed by atoms with van der Waals surface area (Å²) in [5.74, 6) is 0.512. The summed E-state index contributed by atoms with van der Waals surface area (Å²) in [5.41, 5.74) is 2.74. The van der Waals surface area contributed by atoms with E-state index < -0.39 is 0 Å². The van der Waals surface area contributed by atoms with Gasteiger partial charge in [-0.05, 0) is 17.7 Å². The van der Waals surface area contributed by atoms with Crippen molar-refractivity contribution in [2.45, 2.75) is 6.54 Å². The topological polar surface area (TPSA) is 75.6 Å². The third-order valence-electron chi connectivity index (χ3n) is 4.88. The third kappa shape index (κ3) is 4.00. The number of hydrogen-bond donors (Lipinski definition) is 0. The highest BCUT2D eigenvalue weighted by Gasteiger charge is 2.26. The Bertz CT molecular complexity index is 1070. The van der Waals surface area contributed by atoms with Crippen LogP contribution in [0.25, 0.3) is 11.4 Å². The second-order valence-electron chi connectivity index (χ2n) is 7.25. The first-order valence-electron chi connectivity index (χ1n) is 9.68. The van der Waals surface area contributed by atoms with Gasteiger partial charge in [0.05, 0.1) is 6.54 Å². The lowest BCUT2D eigenvalue weighted by Crippen LogP contribution is -2.31. The van der Waals surface area contributed by atoms with Gasteiger partial charge >= 0.3 is 0 Å². The van der Waals surface area contributed by atoms with Crippen LogP contribution >= 0.6 is 0 Å². The van der Waals surface area contributed by atoms with E-state index in [1.54, 1.807) is 43.3 Å². The molecule has 0 saturated carbocycles. The standard InChI is InChI=1S/C23H22N4O3/c1-26(2)22(28)18-10-8-17(9-11-18)20-24-14-19-21(25-20)30-13-12-27(23(19)29)15-16-6-4-3-5-7-16/h3-11,14H,12-13,15H2,1-2H3. The zero-order valence-electron chi connectivity index (χ0n) is 16.9. The first kappa shape index (κ1) is 19.6. The smallest absolute Gasteiger partial charge is 0.261 e. The van der Waals surface area contributed by atoms with Crippen molar-refractivity contribution in [2.75, 3.05) is 27.2 Å². The fraction of sp³-hybridized carbons (Fsp3) is 0.217. The van der Waals surface area contributed by atoms with Crippen molar-refractivity contribution >= 4 is 11.8 Å². The summed E-state index contributed by atoms with van der Waals surface area (Å²) in [4.78, 5) is 37.2. The number of rotatable bonds is 4. The molecule has 152 valence electrons. The number of nitrogens with zero attached hydrogens (tertiary/aromatic N) is 4. The molecule has 30 heavy (non-hydrogen) atoms. The van der Waals surface area contributed by atoms with Crippen molar-refractivity contribution in [1.82, 2.24) is 19.8 Å². The van der Waals surface area contributed by atoms with Crippen LogP contribution in [0.15, 0.2) is 60.8 Å². The number of aromatic nitrogens is 2. The van der Waals surface area contributed by atoms with Crippen LogP contribution in [0.1, 0.15) is 26.3 Å². The normalized spacial score (nSPS) is 13.3. The highest BCUT2D eigenvalue weighted by atomic mass is 16.5. The molecule has 0 spiro atoms. The van der Waals surface area contributed by atoms with E-state index in [1.165, 1.54) is 11.1 Å². The van der Waals surface area contributed by atoms with E-state index in [-0.39, 0.29) is 17.7 Å². The van der Waals surface area contributed by atoms with Gasteiger partial charge in [-0.15, -0.1) is 0 Å². The molecule has 4 rings (SSSR count). The first-order chi connectivity index (χ1) is 14.5. The average Bonchev–Trinajstić information content (AvgIpc) is 2.92. The second-order valence-corrected chi connectivity index (χ2v) is 7.25. The molecule has 0 radical (unpaired) electrons. The zero-order valence-corrected chi connectivity index (χ0v) is 16.9. The van der Waals surface area contributed by atoms with Gasteiger partial charge in [0.25, 0.3) is 11.8 Å². The summed E-state index contributed by atoms with van der Waals surface area (Å²) in [6, 6.07) is 16.9. The number of amides is 2. The Balaban J connectivity index is 1.57. The van der Waals surface area contributed by atoms with Crippen molar-refractivity contribution in [1.29, 1.82) is 0 Å². The molecule has 0 fully saturated rings. The van der Waals surface area contributed by atoms with Crippen LogP contribution in [0.3, 0.4) is 0 Å². The Morgan fingerprint density at radius 1 is 1.10 bits per heavy atom. The molecule has 1 aliphatic rings. The number of ether oxygens (including phenoxy) is 1. The minimum atomic E-state index is -0.148. The van der Waals surface area contributed by atoms with Crippen molar-refractivity contribution < 1.29 is 14.3 Å². The Hall–Kier alpha value is -3.74. The van der Waals surface area contributed by atoms with Gasteiger partial charge in [0.2, 0.25) is 5.88 Å². The molecule has 2 amide bonds. The van der Waals surface area contributed by atoms with Gasteiger partial charge in [-0.1, -0.05) is 42.5 Å². The quantitative estimate of drug-likeness (QED) is 0.671. The van der Waals surface area contributed by atoms with Crippen molar-refractivity contribution in [3.63, 3.8) is 0 Å². The Labute approximate surface area is 174 Å². The molecule has 2 aromatic carbocycles. The minimum Gasteiger partial charge on any atom is -0.475 e. The Morgan fingerprint density at radius 3 is 2.53 bits per heavy atom. The second kappa shape index (κ2) is 8.32. The van der Waals surface area contributed by atoms with E-state index in [1.807, 2.05) is 30.3 Å². The summed E-state index contributed by atoms with van der Waals surface area (Å²) >= 11 is 0. The highest BCUT2D eigenvalue weighted by molar-refractivity contribution is 5.96. The molecule has 0 unspecified atom stereocenters. The zero-order chi connectivity index (χ0) is 21.1. The molecule has 0 aliphatic carbocycles. The van der Waals surface area contributed by atoms with E-state index >= 15 is 0 Å². The first-order valence-corrected chi connectivity index (χ1v) is 9.68. The van der Waals surface area contributed by atoms with E-state index in [9.17, 15) is 9.59 Å². The molecule has 2 heterocycles. The maximum Gasteiger partial charge on any atom is 0.261 e.